The van der Waals surface area contributed by atoms with E-state index >= 15 is 0 Å². The van der Waals surface area contributed by atoms with Crippen LogP contribution in [-0.2, 0) is 9.59 Å². The van der Waals surface area contributed by atoms with Crippen LogP contribution < -0.4 is 0 Å². The van der Waals surface area contributed by atoms with Gasteiger partial charge in [0.1, 0.15) is 21.9 Å². The second-order valence-electron chi connectivity index (χ2n) is 5.25. The van der Waals surface area contributed by atoms with Gasteiger partial charge in [-0.1, -0.05) is 47.7 Å². The fraction of sp³-hybridized carbons (Fsp3) is 0.118. The average Bonchev–Trinajstić information content (AvgIpc) is 3.13. The van der Waals surface area contributed by atoms with Crippen LogP contribution in [0.25, 0.3) is 17.4 Å². The molecule has 1 N–H and O–H groups in total. The molecule has 0 radical (unpaired) electrons. The third-order valence-electron chi connectivity index (χ3n) is 3.61. The molecule has 2 heterocycles. The molecule has 1 aliphatic heterocycles. The fourth-order valence-electron chi connectivity index (χ4n) is 2.29. The summed E-state index contributed by atoms with van der Waals surface area (Å²) in [6.07, 6.45) is 1.55. The number of nitrogens with zero attached hydrogens (tertiary/aromatic N) is 1. The van der Waals surface area contributed by atoms with Crippen molar-refractivity contribution in [2.45, 2.75) is 13.0 Å². The summed E-state index contributed by atoms with van der Waals surface area (Å²) in [7, 11) is 0. The minimum Gasteiger partial charge on any atom is -0.480 e. The number of hydrogen-bond donors (Lipinski definition) is 1. The highest BCUT2D eigenvalue weighted by Crippen LogP contribution is 2.35. The summed E-state index contributed by atoms with van der Waals surface area (Å²) < 4.78 is 5.95. The number of aliphatic carboxylic acids is 1. The second-order valence-corrected chi connectivity index (χ2v) is 7.33. The quantitative estimate of drug-likeness (QED) is 0.617. The van der Waals surface area contributed by atoms with Crippen molar-refractivity contribution in [2.24, 2.45) is 0 Å². The first kappa shape index (κ1) is 17.7. The number of hydrogen-bond acceptors (Lipinski definition) is 5. The van der Waals surface area contributed by atoms with E-state index in [2.05, 4.69) is 0 Å². The zero-order valence-electron chi connectivity index (χ0n) is 12.9. The number of carbonyl (C=O) groups excluding carboxylic acids is 1. The van der Waals surface area contributed by atoms with Crippen LogP contribution in [0.5, 0.6) is 0 Å². The van der Waals surface area contributed by atoms with Gasteiger partial charge in [-0.15, -0.1) is 0 Å². The summed E-state index contributed by atoms with van der Waals surface area (Å²) in [5.74, 6) is -0.526. The van der Waals surface area contributed by atoms with Gasteiger partial charge in [0.2, 0.25) is 0 Å². The molecule has 1 saturated heterocycles. The Hall–Kier alpha value is -2.09. The second kappa shape index (κ2) is 7.03. The monoisotopic (exact) mass is 393 g/mol. The van der Waals surface area contributed by atoms with Crippen LogP contribution in [0.1, 0.15) is 12.7 Å². The summed E-state index contributed by atoms with van der Waals surface area (Å²) in [5, 5.41) is 9.66. The van der Waals surface area contributed by atoms with Gasteiger partial charge >= 0.3 is 5.97 Å². The van der Waals surface area contributed by atoms with E-state index in [1.165, 1.54) is 6.92 Å². The van der Waals surface area contributed by atoms with Crippen molar-refractivity contribution < 1.29 is 19.1 Å². The smallest absolute Gasteiger partial charge is 0.326 e. The van der Waals surface area contributed by atoms with E-state index in [1.54, 1.807) is 24.3 Å². The van der Waals surface area contributed by atoms with Crippen molar-refractivity contribution >= 4 is 57.9 Å². The number of carboxylic acid groups (broad SMARTS) is 1. The minimum atomic E-state index is -1.11. The standard InChI is InChI=1S/C17H12ClNO4S2/c1-9(16(21)22)19-15(20)14(25-17(19)24)8-10-6-7-13(23-10)11-4-2-3-5-12(11)18/h2-9H,1H3,(H,21,22)/b14-8+/t9-/m0/s1. The Balaban J connectivity index is 1.88. The van der Waals surface area contributed by atoms with Crippen molar-refractivity contribution in [3.8, 4) is 11.3 Å². The number of benzene rings is 1. The number of carbonyl (C=O) groups is 2. The Labute approximate surface area is 158 Å². The molecule has 1 aromatic heterocycles. The topological polar surface area (TPSA) is 70.8 Å². The van der Waals surface area contributed by atoms with Crippen molar-refractivity contribution in [1.82, 2.24) is 4.90 Å². The lowest BCUT2D eigenvalue weighted by atomic mass is 10.2. The highest BCUT2D eigenvalue weighted by molar-refractivity contribution is 8.26. The molecule has 0 unspecified atom stereocenters. The maximum absolute atomic E-state index is 12.4. The molecule has 8 heteroatoms. The molecule has 1 aromatic carbocycles. The van der Waals surface area contributed by atoms with Gasteiger partial charge in [0, 0.05) is 11.6 Å². The lowest BCUT2D eigenvalue weighted by Gasteiger charge is -2.18. The lowest BCUT2D eigenvalue weighted by molar-refractivity contribution is -0.144. The number of halogens is 1. The van der Waals surface area contributed by atoms with Crippen LogP contribution in [0.15, 0.2) is 45.7 Å². The van der Waals surface area contributed by atoms with E-state index in [1.807, 2.05) is 18.2 Å². The van der Waals surface area contributed by atoms with Gasteiger partial charge in [-0.25, -0.2) is 4.79 Å². The van der Waals surface area contributed by atoms with Crippen molar-refractivity contribution in [3.05, 3.63) is 52.1 Å². The van der Waals surface area contributed by atoms with Gasteiger partial charge in [0.05, 0.1) is 9.93 Å². The normalized spacial score (nSPS) is 17.4. The summed E-state index contributed by atoms with van der Waals surface area (Å²) >= 11 is 12.3. The number of thiocarbonyl (C=S) groups is 1. The van der Waals surface area contributed by atoms with Gasteiger partial charge in [0.15, 0.2) is 0 Å². The van der Waals surface area contributed by atoms with Gasteiger partial charge in [-0.05, 0) is 31.2 Å². The van der Waals surface area contributed by atoms with E-state index in [9.17, 15) is 9.59 Å². The molecule has 1 amide bonds. The van der Waals surface area contributed by atoms with Gasteiger partial charge in [-0.3, -0.25) is 9.69 Å². The predicted molar refractivity (Wildman–Crippen MR) is 101 cm³/mol. The summed E-state index contributed by atoms with van der Waals surface area (Å²) in [4.78, 5) is 24.9. The Kier molecular flexibility index (Phi) is 4.99. The third-order valence-corrected chi connectivity index (χ3v) is 5.27. The molecule has 128 valence electrons. The Morgan fingerprint density at radius 1 is 1.36 bits per heavy atom. The van der Waals surface area contributed by atoms with Crippen LogP contribution in [0.2, 0.25) is 5.02 Å². The summed E-state index contributed by atoms with van der Waals surface area (Å²) in [6.45, 7) is 1.42. The van der Waals surface area contributed by atoms with Gasteiger partial charge < -0.3 is 9.52 Å². The third kappa shape index (κ3) is 3.49. The van der Waals surface area contributed by atoms with Crippen LogP contribution >= 0.6 is 35.6 Å². The molecule has 1 aliphatic rings. The van der Waals surface area contributed by atoms with E-state index in [-0.39, 0.29) is 4.32 Å². The van der Waals surface area contributed by atoms with Gasteiger partial charge in [0.25, 0.3) is 5.91 Å². The molecular formula is C17H12ClNO4S2. The van der Waals surface area contributed by atoms with E-state index in [0.717, 1.165) is 22.2 Å². The Bertz CT molecular complexity index is 906. The first-order chi connectivity index (χ1) is 11.9. The summed E-state index contributed by atoms with van der Waals surface area (Å²) in [6, 6.07) is 9.72. The molecule has 25 heavy (non-hydrogen) atoms. The van der Waals surface area contributed by atoms with E-state index in [0.29, 0.717) is 21.4 Å². The Morgan fingerprint density at radius 3 is 2.76 bits per heavy atom. The SMILES string of the molecule is C[C@@H](C(=O)O)N1C(=O)/C(=C\c2ccc(-c3ccccc3Cl)o2)SC1=S. The van der Waals surface area contributed by atoms with E-state index < -0.39 is 17.9 Å². The molecule has 0 saturated carbocycles. The van der Waals surface area contributed by atoms with Crippen molar-refractivity contribution in [3.63, 3.8) is 0 Å². The number of amides is 1. The zero-order chi connectivity index (χ0) is 18.1. The van der Waals surface area contributed by atoms with Gasteiger partial charge in [-0.2, -0.15) is 0 Å². The maximum atomic E-state index is 12.4. The number of furan rings is 1. The fourth-order valence-corrected chi connectivity index (χ4v) is 3.92. The largest absolute Gasteiger partial charge is 0.480 e. The highest BCUT2D eigenvalue weighted by Gasteiger charge is 2.38. The molecule has 1 atom stereocenters. The average molecular weight is 394 g/mol. The molecule has 1 fully saturated rings. The number of thioether (sulfide) groups is 1. The Morgan fingerprint density at radius 2 is 2.08 bits per heavy atom. The molecule has 3 rings (SSSR count). The van der Waals surface area contributed by atoms with Crippen molar-refractivity contribution in [1.29, 1.82) is 0 Å². The van der Waals surface area contributed by atoms with E-state index in [4.69, 9.17) is 33.3 Å². The lowest BCUT2D eigenvalue weighted by Crippen LogP contribution is -2.41. The number of carboxylic acids is 1. The molecular weight excluding hydrogens is 382 g/mol. The first-order valence-electron chi connectivity index (χ1n) is 7.23. The minimum absolute atomic E-state index is 0.212. The first-order valence-corrected chi connectivity index (χ1v) is 8.83. The zero-order valence-corrected chi connectivity index (χ0v) is 15.3. The highest BCUT2D eigenvalue weighted by atomic mass is 35.5. The van der Waals surface area contributed by atoms with Crippen LogP contribution in [0.4, 0.5) is 0 Å². The molecule has 0 spiro atoms. The predicted octanol–water partition coefficient (Wildman–Crippen LogP) is 4.27. The number of rotatable bonds is 4. The van der Waals surface area contributed by atoms with Crippen LogP contribution in [-0.4, -0.2) is 32.2 Å². The summed E-state index contributed by atoms with van der Waals surface area (Å²) in [5.41, 5.74) is 0.746. The molecule has 0 aliphatic carbocycles. The van der Waals surface area contributed by atoms with Crippen LogP contribution in [0.3, 0.4) is 0 Å². The molecule has 0 bridgehead atoms. The molecule has 5 nitrogen and oxygen atoms in total. The van der Waals surface area contributed by atoms with Crippen molar-refractivity contribution in [2.75, 3.05) is 0 Å². The maximum Gasteiger partial charge on any atom is 0.326 e. The molecule has 2 aromatic rings. The van der Waals surface area contributed by atoms with Crippen LogP contribution in [0, 0.1) is 0 Å².